The number of aryl methyl sites for hydroxylation is 1. The van der Waals surface area contributed by atoms with Gasteiger partial charge in [-0.05, 0) is 36.2 Å². The predicted octanol–water partition coefficient (Wildman–Crippen LogP) is 5.56. The summed E-state index contributed by atoms with van der Waals surface area (Å²) in [6, 6.07) is 21.0. The molecule has 0 N–H and O–H groups in total. The Morgan fingerprint density at radius 2 is 1.93 bits per heavy atom. The fourth-order valence-corrected chi connectivity index (χ4v) is 4.34. The molecule has 0 unspecified atom stereocenters. The highest BCUT2D eigenvalue weighted by Crippen LogP contribution is 2.24. The zero-order valence-electron chi connectivity index (χ0n) is 16.0. The Kier molecular flexibility index (Phi) is 5.74. The van der Waals surface area contributed by atoms with Gasteiger partial charge in [0.2, 0.25) is 4.80 Å². The first-order chi connectivity index (χ1) is 14.5. The summed E-state index contributed by atoms with van der Waals surface area (Å²) >= 11 is 7.42. The van der Waals surface area contributed by atoms with Gasteiger partial charge >= 0.3 is 0 Å². The molecule has 4 rings (SSSR count). The second kappa shape index (κ2) is 8.61. The highest BCUT2D eigenvalue weighted by Gasteiger charge is 2.12. The van der Waals surface area contributed by atoms with E-state index in [-0.39, 0.29) is 10.7 Å². The lowest BCUT2D eigenvalue weighted by Gasteiger charge is -2.05. The van der Waals surface area contributed by atoms with Crippen molar-refractivity contribution in [2.45, 2.75) is 13.5 Å². The first-order valence-corrected chi connectivity index (χ1v) is 10.4. The van der Waals surface area contributed by atoms with E-state index in [1.54, 1.807) is 17.4 Å². The third-order valence-electron chi connectivity index (χ3n) is 4.54. The Morgan fingerprint density at radius 3 is 2.70 bits per heavy atom. The molecule has 6 nitrogen and oxygen atoms in total. The number of nitro groups is 1. The van der Waals surface area contributed by atoms with Crippen LogP contribution < -0.4 is 4.80 Å². The van der Waals surface area contributed by atoms with E-state index >= 15 is 0 Å². The summed E-state index contributed by atoms with van der Waals surface area (Å²) in [5.41, 5.74) is 3.83. The molecule has 1 aromatic heterocycles. The summed E-state index contributed by atoms with van der Waals surface area (Å²) in [5.74, 6) is 0. The number of fused-ring (bicyclic) bond motifs is 1. The molecule has 0 amide bonds. The summed E-state index contributed by atoms with van der Waals surface area (Å²) in [6.45, 7) is 2.73. The van der Waals surface area contributed by atoms with E-state index in [9.17, 15) is 10.1 Å². The number of rotatable bonds is 5. The minimum atomic E-state index is -0.515. The van der Waals surface area contributed by atoms with E-state index in [0.29, 0.717) is 12.1 Å². The van der Waals surface area contributed by atoms with E-state index in [4.69, 9.17) is 11.6 Å². The lowest BCUT2D eigenvalue weighted by Crippen LogP contribution is -2.15. The van der Waals surface area contributed by atoms with E-state index in [0.717, 1.165) is 20.6 Å². The molecule has 0 aliphatic heterocycles. The molecule has 0 atom stereocenters. The average molecular weight is 437 g/mol. The molecule has 0 saturated carbocycles. The van der Waals surface area contributed by atoms with Gasteiger partial charge in [-0.15, -0.1) is 5.10 Å². The highest BCUT2D eigenvalue weighted by atomic mass is 35.5. The Bertz CT molecular complexity index is 1330. The molecule has 0 spiro atoms. The van der Waals surface area contributed by atoms with Crippen molar-refractivity contribution in [2.24, 2.45) is 10.2 Å². The van der Waals surface area contributed by atoms with Gasteiger partial charge in [0, 0.05) is 11.6 Å². The van der Waals surface area contributed by atoms with Crippen molar-refractivity contribution >= 4 is 45.1 Å². The van der Waals surface area contributed by atoms with Crippen LogP contribution in [-0.4, -0.2) is 15.7 Å². The average Bonchev–Trinajstić information content (AvgIpc) is 3.06. The fourth-order valence-electron chi connectivity index (χ4n) is 3.07. The van der Waals surface area contributed by atoms with Crippen molar-refractivity contribution in [1.29, 1.82) is 0 Å². The minimum absolute atomic E-state index is 0.0923. The van der Waals surface area contributed by atoms with Crippen LogP contribution in [0.3, 0.4) is 0 Å². The summed E-state index contributed by atoms with van der Waals surface area (Å²) in [4.78, 5) is 11.3. The molecule has 8 heteroatoms. The van der Waals surface area contributed by atoms with Crippen LogP contribution in [0.25, 0.3) is 10.2 Å². The molecule has 1 heterocycles. The second-order valence-electron chi connectivity index (χ2n) is 6.74. The van der Waals surface area contributed by atoms with Gasteiger partial charge in [-0.1, -0.05) is 65.4 Å². The van der Waals surface area contributed by atoms with Gasteiger partial charge in [0.15, 0.2) is 0 Å². The second-order valence-corrected chi connectivity index (χ2v) is 8.16. The first kappa shape index (κ1) is 20.0. The molecular weight excluding hydrogens is 420 g/mol. The van der Waals surface area contributed by atoms with Crippen molar-refractivity contribution in [1.82, 2.24) is 4.57 Å². The molecule has 30 heavy (non-hydrogen) atoms. The molecule has 0 bridgehead atoms. The molecule has 0 aliphatic carbocycles. The van der Waals surface area contributed by atoms with Crippen LogP contribution in [-0.2, 0) is 6.54 Å². The summed E-state index contributed by atoms with van der Waals surface area (Å²) in [6.07, 6.45) is 1.49. The van der Waals surface area contributed by atoms with Gasteiger partial charge in [0.05, 0.1) is 27.9 Å². The minimum Gasteiger partial charge on any atom is -0.311 e. The van der Waals surface area contributed by atoms with Crippen molar-refractivity contribution in [3.8, 4) is 0 Å². The lowest BCUT2D eigenvalue weighted by molar-refractivity contribution is -0.384. The van der Waals surface area contributed by atoms with Gasteiger partial charge in [-0.25, -0.2) is 0 Å². The lowest BCUT2D eigenvalue weighted by atomic mass is 10.2. The van der Waals surface area contributed by atoms with Gasteiger partial charge in [0.1, 0.15) is 5.02 Å². The quantitative estimate of drug-likeness (QED) is 0.233. The topological polar surface area (TPSA) is 72.8 Å². The Labute approximate surface area is 181 Å². The van der Waals surface area contributed by atoms with Gasteiger partial charge in [-0.2, -0.15) is 5.10 Å². The van der Waals surface area contributed by atoms with Crippen molar-refractivity contribution in [2.75, 3.05) is 0 Å². The summed E-state index contributed by atoms with van der Waals surface area (Å²) in [5, 5.41) is 19.8. The van der Waals surface area contributed by atoms with Gasteiger partial charge in [0.25, 0.3) is 5.69 Å². The van der Waals surface area contributed by atoms with Crippen LogP contribution in [0.4, 0.5) is 5.69 Å². The number of benzene rings is 3. The zero-order chi connectivity index (χ0) is 21.1. The number of nitro benzene ring substituents is 1. The van der Waals surface area contributed by atoms with Crippen LogP contribution in [0, 0.1) is 17.0 Å². The van der Waals surface area contributed by atoms with Crippen LogP contribution >= 0.6 is 22.9 Å². The van der Waals surface area contributed by atoms with Gasteiger partial charge < -0.3 is 4.57 Å². The van der Waals surface area contributed by atoms with Gasteiger partial charge in [-0.3, -0.25) is 10.1 Å². The Morgan fingerprint density at radius 1 is 1.13 bits per heavy atom. The highest BCUT2D eigenvalue weighted by molar-refractivity contribution is 7.16. The monoisotopic (exact) mass is 436 g/mol. The van der Waals surface area contributed by atoms with Crippen LogP contribution in [0.15, 0.2) is 76.9 Å². The fraction of sp³-hybridized carbons (Fsp3) is 0.0909. The standard InChI is InChI=1S/C22H17ClN4O2S/c1-15-7-10-19-21(11-15)30-22(26(19)14-16-5-3-2-4-6-16)25-24-13-17-8-9-18(23)20(12-17)27(28)29/h2-13H,14H2,1H3. The third-order valence-corrected chi connectivity index (χ3v) is 5.89. The SMILES string of the molecule is Cc1ccc2c(c1)sc(=NN=Cc1ccc(Cl)c([N+](=O)[O-])c1)n2Cc1ccccc1. The maximum atomic E-state index is 11.1. The number of nitrogens with zero attached hydrogens (tertiary/aromatic N) is 4. The molecule has 0 fully saturated rings. The number of thiazole rings is 1. The number of hydrogen-bond acceptors (Lipinski definition) is 5. The summed E-state index contributed by atoms with van der Waals surface area (Å²) < 4.78 is 3.25. The van der Waals surface area contributed by atoms with Crippen molar-refractivity contribution in [3.05, 3.63) is 103 Å². The zero-order valence-corrected chi connectivity index (χ0v) is 17.6. The van der Waals surface area contributed by atoms with Crippen LogP contribution in [0.1, 0.15) is 16.7 Å². The van der Waals surface area contributed by atoms with E-state index in [1.165, 1.54) is 23.9 Å². The van der Waals surface area contributed by atoms with E-state index < -0.39 is 4.92 Å². The summed E-state index contributed by atoms with van der Waals surface area (Å²) in [7, 11) is 0. The number of aromatic nitrogens is 1. The normalized spacial score (nSPS) is 12.1. The Hall–Kier alpha value is -3.29. The molecule has 0 aliphatic rings. The van der Waals surface area contributed by atoms with E-state index in [2.05, 4.69) is 52.0 Å². The molecule has 3 aromatic carbocycles. The first-order valence-electron chi connectivity index (χ1n) is 9.16. The maximum absolute atomic E-state index is 11.1. The molecule has 0 radical (unpaired) electrons. The molecule has 0 saturated heterocycles. The Balaban J connectivity index is 1.75. The largest absolute Gasteiger partial charge is 0.311 e. The number of halogens is 1. The molecule has 4 aromatic rings. The third kappa shape index (κ3) is 4.32. The molecular formula is C22H17ClN4O2S. The molecule has 150 valence electrons. The van der Waals surface area contributed by atoms with Crippen molar-refractivity contribution in [3.63, 3.8) is 0 Å². The maximum Gasteiger partial charge on any atom is 0.288 e. The van der Waals surface area contributed by atoms with Crippen molar-refractivity contribution < 1.29 is 4.92 Å². The van der Waals surface area contributed by atoms with Crippen LogP contribution in [0.5, 0.6) is 0 Å². The predicted molar refractivity (Wildman–Crippen MR) is 121 cm³/mol. The number of hydrogen-bond donors (Lipinski definition) is 0. The smallest absolute Gasteiger partial charge is 0.288 e. The van der Waals surface area contributed by atoms with Crippen LogP contribution in [0.2, 0.25) is 5.02 Å². The van der Waals surface area contributed by atoms with E-state index in [1.807, 2.05) is 18.2 Å².